The van der Waals surface area contributed by atoms with Crippen molar-refractivity contribution in [1.29, 1.82) is 0 Å². The molecular formula is C22H16N4O6. The van der Waals surface area contributed by atoms with Crippen molar-refractivity contribution in [1.82, 2.24) is 9.88 Å². The molecule has 0 atom stereocenters. The Balaban J connectivity index is 1.66. The van der Waals surface area contributed by atoms with E-state index < -0.39 is 34.9 Å². The molecule has 1 aliphatic rings. The molecule has 1 aliphatic heterocycles. The van der Waals surface area contributed by atoms with Crippen LogP contribution in [0.3, 0.4) is 0 Å². The van der Waals surface area contributed by atoms with Crippen molar-refractivity contribution >= 4 is 29.1 Å². The number of nitro benzene ring substituents is 1. The normalized spacial score (nSPS) is 12.6. The van der Waals surface area contributed by atoms with E-state index in [4.69, 9.17) is 0 Å². The summed E-state index contributed by atoms with van der Waals surface area (Å²) < 4.78 is 0. The molecule has 4 rings (SSSR count). The van der Waals surface area contributed by atoms with Gasteiger partial charge in [0.15, 0.2) is 0 Å². The minimum Gasteiger partial charge on any atom is -0.506 e. The first kappa shape index (κ1) is 20.7. The summed E-state index contributed by atoms with van der Waals surface area (Å²) in [5, 5.41) is 21.6. The van der Waals surface area contributed by atoms with Gasteiger partial charge in [-0.3, -0.25) is 34.4 Å². The van der Waals surface area contributed by atoms with E-state index >= 15 is 0 Å². The number of imide groups is 1. The number of aromatic nitrogens is 1. The first-order chi connectivity index (χ1) is 15.4. The van der Waals surface area contributed by atoms with Gasteiger partial charge in [-0.05, 0) is 30.3 Å². The van der Waals surface area contributed by atoms with Gasteiger partial charge in [0.2, 0.25) is 5.91 Å². The molecule has 1 aromatic heterocycles. The summed E-state index contributed by atoms with van der Waals surface area (Å²) in [6.45, 7) is -0.689. The molecule has 3 aromatic rings. The maximum absolute atomic E-state index is 13.2. The molecule has 10 nitrogen and oxygen atoms in total. The highest BCUT2D eigenvalue weighted by molar-refractivity contribution is 6.24. The molecule has 0 radical (unpaired) electrons. The minimum absolute atomic E-state index is 0.0272. The first-order valence-corrected chi connectivity index (χ1v) is 9.50. The van der Waals surface area contributed by atoms with E-state index in [2.05, 4.69) is 4.98 Å². The van der Waals surface area contributed by atoms with Crippen molar-refractivity contribution in [3.63, 3.8) is 0 Å². The van der Waals surface area contributed by atoms with Crippen molar-refractivity contribution < 1.29 is 24.4 Å². The predicted molar refractivity (Wildman–Crippen MR) is 112 cm³/mol. The van der Waals surface area contributed by atoms with E-state index in [1.165, 1.54) is 29.2 Å². The van der Waals surface area contributed by atoms with Crippen LogP contribution in [0.4, 0.5) is 11.4 Å². The van der Waals surface area contributed by atoms with Crippen molar-refractivity contribution in [2.24, 2.45) is 0 Å². The second-order valence-corrected chi connectivity index (χ2v) is 6.94. The lowest BCUT2D eigenvalue weighted by atomic mass is 10.1. The SMILES string of the molecule is O=C1c2cccc([N+](=O)[O-])c2C(=O)N1CC(=O)N(Cc1ccccn1)c1ccccc1O. The number of carbonyl (C=O) groups excluding carboxylic acids is 3. The Kier molecular flexibility index (Phi) is 5.34. The van der Waals surface area contributed by atoms with Crippen molar-refractivity contribution in [2.75, 3.05) is 11.4 Å². The Bertz CT molecular complexity index is 1240. The molecule has 1 N–H and O–H groups in total. The van der Waals surface area contributed by atoms with Crippen LogP contribution in [-0.2, 0) is 11.3 Å². The molecule has 160 valence electrons. The molecule has 0 saturated carbocycles. The van der Waals surface area contributed by atoms with Crippen LogP contribution in [-0.4, -0.2) is 44.2 Å². The number of anilines is 1. The second-order valence-electron chi connectivity index (χ2n) is 6.94. The lowest BCUT2D eigenvalue weighted by Crippen LogP contribution is -2.42. The van der Waals surface area contributed by atoms with E-state index in [-0.39, 0.29) is 29.1 Å². The van der Waals surface area contributed by atoms with Crippen LogP contribution in [0.25, 0.3) is 0 Å². The maximum Gasteiger partial charge on any atom is 0.282 e. The zero-order valence-electron chi connectivity index (χ0n) is 16.5. The standard InChI is InChI=1S/C22H16N4O6/c27-18-10-2-1-8-16(18)24(12-14-6-3-4-11-23-14)19(28)13-25-21(29)15-7-5-9-17(26(31)32)20(15)22(25)30/h1-11,27H,12-13H2. The predicted octanol–water partition coefficient (Wildman–Crippen LogP) is 2.52. The third-order valence-corrected chi connectivity index (χ3v) is 4.99. The van der Waals surface area contributed by atoms with Crippen LogP contribution in [0.2, 0.25) is 0 Å². The Morgan fingerprint density at radius 2 is 1.78 bits per heavy atom. The summed E-state index contributed by atoms with van der Waals surface area (Å²) in [6.07, 6.45) is 1.55. The second kappa shape index (κ2) is 8.26. The van der Waals surface area contributed by atoms with E-state index in [0.717, 1.165) is 6.07 Å². The highest BCUT2D eigenvalue weighted by Gasteiger charge is 2.42. The summed E-state index contributed by atoms with van der Waals surface area (Å²) in [5.74, 6) is -2.55. The number of rotatable bonds is 6. The molecule has 32 heavy (non-hydrogen) atoms. The van der Waals surface area contributed by atoms with Crippen LogP contribution in [0.5, 0.6) is 5.75 Å². The van der Waals surface area contributed by atoms with E-state index in [0.29, 0.717) is 10.6 Å². The van der Waals surface area contributed by atoms with Gasteiger partial charge in [0.25, 0.3) is 17.5 Å². The van der Waals surface area contributed by atoms with Crippen LogP contribution in [0.1, 0.15) is 26.4 Å². The van der Waals surface area contributed by atoms with Gasteiger partial charge in [-0.1, -0.05) is 24.3 Å². The highest BCUT2D eigenvalue weighted by atomic mass is 16.6. The highest BCUT2D eigenvalue weighted by Crippen LogP contribution is 2.32. The fourth-order valence-electron chi connectivity index (χ4n) is 3.49. The van der Waals surface area contributed by atoms with Gasteiger partial charge in [0.05, 0.1) is 28.4 Å². The van der Waals surface area contributed by atoms with Crippen molar-refractivity contribution in [2.45, 2.75) is 6.54 Å². The fourth-order valence-corrected chi connectivity index (χ4v) is 3.49. The van der Waals surface area contributed by atoms with Gasteiger partial charge >= 0.3 is 0 Å². The maximum atomic E-state index is 13.2. The largest absolute Gasteiger partial charge is 0.506 e. The smallest absolute Gasteiger partial charge is 0.282 e. The summed E-state index contributed by atoms with van der Waals surface area (Å²) >= 11 is 0. The quantitative estimate of drug-likeness (QED) is 0.359. The van der Waals surface area contributed by atoms with Gasteiger partial charge in [-0.25, -0.2) is 0 Å². The molecule has 2 heterocycles. The molecule has 0 fully saturated rings. The fraction of sp³-hybridized carbons (Fsp3) is 0.0909. The number of aromatic hydroxyl groups is 1. The van der Waals surface area contributed by atoms with E-state index in [1.807, 2.05) is 0 Å². The van der Waals surface area contributed by atoms with E-state index in [9.17, 15) is 29.6 Å². The lowest BCUT2D eigenvalue weighted by molar-refractivity contribution is -0.385. The zero-order chi connectivity index (χ0) is 22.8. The van der Waals surface area contributed by atoms with E-state index in [1.54, 1.807) is 36.5 Å². The molecule has 0 saturated heterocycles. The Morgan fingerprint density at radius 3 is 2.47 bits per heavy atom. The number of carbonyl (C=O) groups is 3. The lowest BCUT2D eigenvalue weighted by Gasteiger charge is -2.25. The summed E-state index contributed by atoms with van der Waals surface area (Å²) in [5.41, 5.74) is -0.278. The number of para-hydroxylation sites is 2. The number of hydrogen-bond acceptors (Lipinski definition) is 7. The first-order valence-electron chi connectivity index (χ1n) is 9.50. The zero-order valence-corrected chi connectivity index (χ0v) is 16.5. The van der Waals surface area contributed by atoms with Crippen molar-refractivity contribution in [3.8, 4) is 5.75 Å². The molecule has 0 spiro atoms. The molecular weight excluding hydrogens is 416 g/mol. The number of nitro groups is 1. The molecule has 0 aliphatic carbocycles. The number of benzene rings is 2. The average Bonchev–Trinajstić information content (AvgIpc) is 3.03. The van der Waals surface area contributed by atoms with Gasteiger partial charge < -0.3 is 10.0 Å². The molecule has 2 aromatic carbocycles. The monoisotopic (exact) mass is 432 g/mol. The average molecular weight is 432 g/mol. The Labute approximate surface area is 181 Å². The Morgan fingerprint density at radius 1 is 1.03 bits per heavy atom. The number of pyridine rings is 1. The van der Waals surface area contributed by atoms with Gasteiger partial charge in [0, 0.05) is 12.3 Å². The van der Waals surface area contributed by atoms with Crippen LogP contribution < -0.4 is 4.90 Å². The molecule has 0 unspecified atom stereocenters. The number of fused-ring (bicyclic) bond motifs is 1. The van der Waals surface area contributed by atoms with Gasteiger partial charge in [0.1, 0.15) is 17.9 Å². The molecule has 3 amide bonds. The molecule has 10 heteroatoms. The van der Waals surface area contributed by atoms with Crippen molar-refractivity contribution in [3.05, 3.63) is 93.8 Å². The van der Waals surface area contributed by atoms with Gasteiger partial charge in [-0.15, -0.1) is 0 Å². The number of hydrogen-bond donors (Lipinski definition) is 1. The number of nitrogens with zero attached hydrogens (tertiary/aromatic N) is 4. The summed E-state index contributed by atoms with van der Waals surface area (Å²) in [4.78, 5) is 55.4. The van der Waals surface area contributed by atoms with Gasteiger partial charge in [-0.2, -0.15) is 0 Å². The number of phenolic OH excluding ortho intramolecular Hbond substituents is 1. The van der Waals surface area contributed by atoms with Crippen LogP contribution in [0.15, 0.2) is 66.9 Å². The van der Waals surface area contributed by atoms with Crippen LogP contribution in [0, 0.1) is 10.1 Å². The topological polar surface area (TPSA) is 134 Å². The number of phenols is 1. The Hall–Kier alpha value is -4.60. The molecule has 0 bridgehead atoms. The van der Waals surface area contributed by atoms with Crippen LogP contribution >= 0.6 is 0 Å². The summed E-state index contributed by atoms with van der Waals surface area (Å²) in [6, 6.07) is 15.0. The number of amides is 3. The third kappa shape index (κ3) is 3.65. The third-order valence-electron chi connectivity index (χ3n) is 4.99. The minimum atomic E-state index is -0.916. The summed E-state index contributed by atoms with van der Waals surface area (Å²) in [7, 11) is 0.